The smallest absolute Gasteiger partial charge is 0.0544 e. The lowest BCUT2D eigenvalue weighted by Gasteiger charge is -2.07. The molecule has 1 heteroatoms. The van der Waals surface area contributed by atoms with Gasteiger partial charge in [0.25, 0.3) is 0 Å². The lowest BCUT2D eigenvalue weighted by Crippen LogP contribution is -2.06. The maximum absolute atomic E-state index is 5.34. The molecule has 1 nitrogen and oxygen atoms in total. The Kier molecular flexibility index (Phi) is 10.4. The van der Waals surface area contributed by atoms with Crippen LogP contribution in [0.3, 0.4) is 0 Å². The highest BCUT2D eigenvalue weighted by atomic mass is 16.5. The molecule has 0 amide bonds. The van der Waals surface area contributed by atoms with Crippen LogP contribution in [0.2, 0.25) is 0 Å². The minimum Gasteiger partial charge on any atom is -0.379 e. The lowest BCUT2D eigenvalue weighted by atomic mass is 10.3. The van der Waals surface area contributed by atoms with E-state index in [-0.39, 0.29) is 7.43 Å². The molecule has 1 atom stereocenters. The standard InChI is InChI=1S/C7H16O.CH4/c1-4-6-8-7(3)5-2;/h7H,4-6H2,1-3H3;1H4. The van der Waals surface area contributed by atoms with Crippen LogP contribution in [-0.4, -0.2) is 12.7 Å². The molecule has 0 rings (SSSR count). The Balaban J connectivity index is 0. The van der Waals surface area contributed by atoms with Gasteiger partial charge in [0.15, 0.2) is 0 Å². The van der Waals surface area contributed by atoms with Gasteiger partial charge in [0.2, 0.25) is 0 Å². The molecule has 0 radical (unpaired) electrons. The van der Waals surface area contributed by atoms with E-state index in [9.17, 15) is 0 Å². The zero-order chi connectivity index (χ0) is 6.41. The van der Waals surface area contributed by atoms with Crippen LogP contribution in [0.5, 0.6) is 0 Å². The van der Waals surface area contributed by atoms with Gasteiger partial charge in [0.05, 0.1) is 6.10 Å². The summed E-state index contributed by atoms with van der Waals surface area (Å²) in [6.45, 7) is 7.29. The molecule has 0 N–H and O–H groups in total. The van der Waals surface area contributed by atoms with Gasteiger partial charge in [-0.2, -0.15) is 0 Å². The summed E-state index contributed by atoms with van der Waals surface area (Å²) in [7, 11) is 0. The second-order valence-corrected chi connectivity index (χ2v) is 2.09. The van der Waals surface area contributed by atoms with Crippen LogP contribution in [0.25, 0.3) is 0 Å². The third kappa shape index (κ3) is 7.96. The number of rotatable bonds is 4. The minimum atomic E-state index is 0. The Morgan fingerprint density at radius 3 is 2.22 bits per heavy atom. The van der Waals surface area contributed by atoms with E-state index in [1.54, 1.807) is 0 Å². The fraction of sp³-hybridized carbons (Fsp3) is 1.00. The second kappa shape index (κ2) is 7.96. The summed E-state index contributed by atoms with van der Waals surface area (Å²) in [6.07, 6.45) is 2.71. The van der Waals surface area contributed by atoms with E-state index in [1.165, 1.54) is 0 Å². The van der Waals surface area contributed by atoms with Crippen LogP contribution < -0.4 is 0 Å². The van der Waals surface area contributed by atoms with Crippen molar-refractivity contribution in [1.29, 1.82) is 0 Å². The maximum Gasteiger partial charge on any atom is 0.0544 e. The molecule has 0 bridgehead atoms. The number of hydrogen-bond donors (Lipinski definition) is 0. The first-order valence-electron chi connectivity index (χ1n) is 3.42. The van der Waals surface area contributed by atoms with E-state index in [0.29, 0.717) is 6.10 Å². The van der Waals surface area contributed by atoms with Crippen molar-refractivity contribution in [2.24, 2.45) is 0 Å². The number of ether oxygens (including phenoxy) is 1. The van der Waals surface area contributed by atoms with Gasteiger partial charge < -0.3 is 4.74 Å². The minimum absolute atomic E-state index is 0. The zero-order valence-electron chi connectivity index (χ0n) is 6.11. The van der Waals surface area contributed by atoms with Crippen molar-refractivity contribution in [2.45, 2.75) is 47.1 Å². The average Bonchev–Trinajstić information content (AvgIpc) is 1.83. The predicted octanol–water partition coefficient (Wildman–Crippen LogP) is 2.85. The van der Waals surface area contributed by atoms with E-state index < -0.39 is 0 Å². The van der Waals surface area contributed by atoms with Gasteiger partial charge in [-0.15, -0.1) is 0 Å². The predicted molar refractivity (Wildman–Crippen MR) is 42.7 cm³/mol. The van der Waals surface area contributed by atoms with Crippen molar-refractivity contribution in [2.75, 3.05) is 6.61 Å². The van der Waals surface area contributed by atoms with Crippen molar-refractivity contribution < 1.29 is 4.74 Å². The first kappa shape index (κ1) is 11.7. The zero-order valence-corrected chi connectivity index (χ0v) is 6.11. The third-order valence-electron chi connectivity index (χ3n) is 1.18. The highest BCUT2D eigenvalue weighted by Crippen LogP contribution is 1.95. The van der Waals surface area contributed by atoms with Crippen LogP contribution in [0, 0.1) is 0 Å². The summed E-state index contributed by atoms with van der Waals surface area (Å²) in [5.74, 6) is 0. The van der Waals surface area contributed by atoms with Crippen LogP contribution in [-0.2, 0) is 4.74 Å². The van der Waals surface area contributed by atoms with Crippen molar-refractivity contribution >= 4 is 0 Å². The molecule has 0 fully saturated rings. The highest BCUT2D eigenvalue weighted by Gasteiger charge is 1.93. The monoisotopic (exact) mass is 132 g/mol. The van der Waals surface area contributed by atoms with Gasteiger partial charge >= 0.3 is 0 Å². The fourth-order valence-electron chi connectivity index (χ4n) is 0.437. The van der Waals surface area contributed by atoms with Gasteiger partial charge in [0.1, 0.15) is 0 Å². The van der Waals surface area contributed by atoms with Gasteiger partial charge in [-0.1, -0.05) is 21.3 Å². The van der Waals surface area contributed by atoms with Gasteiger partial charge in [0, 0.05) is 6.61 Å². The molecule has 0 aliphatic rings. The summed E-state index contributed by atoms with van der Waals surface area (Å²) < 4.78 is 5.34. The molecule has 0 saturated carbocycles. The van der Waals surface area contributed by atoms with Crippen LogP contribution in [0.4, 0.5) is 0 Å². The molecule has 0 saturated heterocycles. The SMILES string of the molecule is C.CCCOC(C)CC. The van der Waals surface area contributed by atoms with Crippen molar-refractivity contribution in [3.63, 3.8) is 0 Å². The van der Waals surface area contributed by atoms with E-state index in [1.807, 2.05) is 0 Å². The van der Waals surface area contributed by atoms with Gasteiger partial charge in [-0.3, -0.25) is 0 Å². The van der Waals surface area contributed by atoms with Crippen LogP contribution in [0.15, 0.2) is 0 Å². The summed E-state index contributed by atoms with van der Waals surface area (Å²) in [5.41, 5.74) is 0. The molecule has 0 aromatic heterocycles. The molecule has 9 heavy (non-hydrogen) atoms. The van der Waals surface area contributed by atoms with E-state index >= 15 is 0 Å². The second-order valence-electron chi connectivity index (χ2n) is 2.09. The van der Waals surface area contributed by atoms with Gasteiger partial charge in [-0.05, 0) is 19.8 Å². The molecule has 0 aromatic rings. The molecular weight excluding hydrogens is 112 g/mol. The Hall–Kier alpha value is -0.0400. The van der Waals surface area contributed by atoms with Gasteiger partial charge in [-0.25, -0.2) is 0 Å². The maximum atomic E-state index is 5.34. The first-order valence-corrected chi connectivity index (χ1v) is 3.42. The summed E-state index contributed by atoms with van der Waals surface area (Å²) in [5, 5.41) is 0. The lowest BCUT2D eigenvalue weighted by molar-refractivity contribution is 0.0642. The molecule has 58 valence electrons. The average molecular weight is 132 g/mol. The van der Waals surface area contributed by atoms with E-state index in [2.05, 4.69) is 20.8 Å². The fourth-order valence-corrected chi connectivity index (χ4v) is 0.437. The summed E-state index contributed by atoms with van der Waals surface area (Å²) in [6, 6.07) is 0. The topological polar surface area (TPSA) is 9.23 Å². The Morgan fingerprint density at radius 2 is 1.89 bits per heavy atom. The summed E-state index contributed by atoms with van der Waals surface area (Å²) >= 11 is 0. The van der Waals surface area contributed by atoms with E-state index in [0.717, 1.165) is 19.4 Å². The molecule has 0 aliphatic carbocycles. The quantitative estimate of drug-likeness (QED) is 0.571. The Morgan fingerprint density at radius 1 is 1.33 bits per heavy atom. The van der Waals surface area contributed by atoms with E-state index in [4.69, 9.17) is 4.74 Å². The highest BCUT2D eigenvalue weighted by molar-refractivity contribution is 4.42. The largest absolute Gasteiger partial charge is 0.379 e. The molecule has 0 aliphatic heterocycles. The Labute approximate surface area is 59.4 Å². The molecule has 0 aromatic carbocycles. The normalized spacial score (nSPS) is 12.3. The first-order chi connectivity index (χ1) is 3.81. The van der Waals surface area contributed by atoms with Crippen LogP contribution >= 0.6 is 0 Å². The Bertz CT molecular complexity index is 43.8. The molecule has 0 heterocycles. The molecular formula is C8H20O. The molecule has 1 unspecified atom stereocenters. The van der Waals surface area contributed by atoms with Crippen molar-refractivity contribution in [1.82, 2.24) is 0 Å². The summed E-state index contributed by atoms with van der Waals surface area (Å²) in [4.78, 5) is 0. The van der Waals surface area contributed by atoms with Crippen molar-refractivity contribution in [3.05, 3.63) is 0 Å². The molecule has 0 spiro atoms. The number of hydrogen-bond acceptors (Lipinski definition) is 1. The van der Waals surface area contributed by atoms with Crippen molar-refractivity contribution in [3.8, 4) is 0 Å². The third-order valence-corrected chi connectivity index (χ3v) is 1.18. The van der Waals surface area contributed by atoms with Crippen LogP contribution in [0.1, 0.15) is 41.0 Å².